The number of nitrogens with two attached hydrogens (primary N) is 1. The van der Waals surface area contributed by atoms with Crippen molar-refractivity contribution in [2.75, 3.05) is 11.9 Å². The maximum Gasteiger partial charge on any atom is 0.259 e. The summed E-state index contributed by atoms with van der Waals surface area (Å²) in [6.45, 7) is 0.230. The van der Waals surface area contributed by atoms with Gasteiger partial charge in [-0.25, -0.2) is 9.37 Å². The van der Waals surface area contributed by atoms with Gasteiger partial charge in [-0.2, -0.15) is 0 Å². The van der Waals surface area contributed by atoms with Crippen LogP contribution in [0, 0.1) is 17.7 Å². The maximum atomic E-state index is 13.5. The van der Waals surface area contributed by atoms with Crippen molar-refractivity contribution >= 4 is 11.7 Å². The van der Waals surface area contributed by atoms with E-state index < -0.39 is 11.7 Å². The molecule has 2 aromatic rings. The molecule has 0 aliphatic rings. The number of pyridine rings is 1. The van der Waals surface area contributed by atoms with E-state index in [9.17, 15) is 9.18 Å². The van der Waals surface area contributed by atoms with Gasteiger partial charge in [0.05, 0.1) is 12.1 Å². The highest BCUT2D eigenvalue weighted by Gasteiger charge is 2.11. The monoisotopic (exact) mass is 269 g/mol. The molecule has 0 unspecified atom stereocenters. The zero-order valence-electron chi connectivity index (χ0n) is 10.6. The lowest BCUT2D eigenvalue weighted by atomic mass is 10.2. The zero-order valence-corrected chi connectivity index (χ0v) is 10.6. The lowest BCUT2D eigenvalue weighted by molar-refractivity contribution is 0.102. The Morgan fingerprint density at radius 1 is 1.25 bits per heavy atom. The summed E-state index contributed by atoms with van der Waals surface area (Å²) in [7, 11) is 0. The predicted octanol–water partition coefficient (Wildman–Crippen LogP) is 1.78. The van der Waals surface area contributed by atoms with Crippen LogP contribution in [-0.4, -0.2) is 17.4 Å². The summed E-state index contributed by atoms with van der Waals surface area (Å²) in [6.07, 6.45) is 0. The topological polar surface area (TPSA) is 68.0 Å². The van der Waals surface area contributed by atoms with E-state index in [1.807, 2.05) is 0 Å². The molecule has 4 nitrogen and oxygen atoms in total. The van der Waals surface area contributed by atoms with Gasteiger partial charge in [-0.3, -0.25) is 4.79 Å². The Balaban J connectivity index is 2.18. The van der Waals surface area contributed by atoms with Gasteiger partial charge in [0.1, 0.15) is 17.3 Å². The summed E-state index contributed by atoms with van der Waals surface area (Å²) >= 11 is 0. The molecule has 2 rings (SSSR count). The molecule has 3 N–H and O–H groups in total. The van der Waals surface area contributed by atoms with Crippen molar-refractivity contribution in [2.45, 2.75) is 0 Å². The third-order valence-corrected chi connectivity index (χ3v) is 2.43. The van der Waals surface area contributed by atoms with E-state index in [1.165, 1.54) is 18.2 Å². The van der Waals surface area contributed by atoms with Crippen LogP contribution < -0.4 is 11.1 Å². The van der Waals surface area contributed by atoms with Crippen molar-refractivity contribution in [1.82, 2.24) is 4.98 Å². The lowest BCUT2D eigenvalue weighted by Crippen LogP contribution is -2.14. The average Bonchev–Trinajstić information content (AvgIpc) is 2.46. The number of rotatable bonds is 2. The SMILES string of the molecule is NCC#Cc1cccc(NC(=O)c2ccccc2F)n1. The lowest BCUT2D eigenvalue weighted by Gasteiger charge is -2.05. The molecule has 0 aliphatic heterocycles. The zero-order chi connectivity index (χ0) is 14.4. The molecule has 1 aromatic heterocycles. The quantitative estimate of drug-likeness (QED) is 0.817. The second kappa shape index (κ2) is 6.45. The van der Waals surface area contributed by atoms with Gasteiger partial charge in [0.15, 0.2) is 0 Å². The third kappa shape index (κ3) is 3.40. The number of nitrogens with one attached hydrogen (secondary N) is 1. The first kappa shape index (κ1) is 13.7. The normalized spacial score (nSPS) is 9.50. The molecule has 0 fully saturated rings. The predicted molar refractivity (Wildman–Crippen MR) is 74.5 cm³/mol. The molecule has 0 saturated carbocycles. The van der Waals surface area contributed by atoms with Crippen LogP contribution >= 0.6 is 0 Å². The van der Waals surface area contributed by atoms with E-state index in [0.717, 1.165) is 0 Å². The summed E-state index contributed by atoms with van der Waals surface area (Å²) in [6, 6.07) is 10.7. The van der Waals surface area contributed by atoms with Crippen molar-refractivity contribution in [3.8, 4) is 11.8 Å². The van der Waals surface area contributed by atoms with Gasteiger partial charge in [0, 0.05) is 0 Å². The first-order valence-electron chi connectivity index (χ1n) is 5.92. The van der Waals surface area contributed by atoms with Crippen LogP contribution in [0.1, 0.15) is 16.1 Å². The average molecular weight is 269 g/mol. The van der Waals surface area contributed by atoms with Crippen molar-refractivity contribution in [2.24, 2.45) is 5.73 Å². The number of carbonyl (C=O) groups excluding carboxylic acids is 1. The smallest absolute Gasteiger partial charge is 0.259 e. The van der Waals surface area contributed by atoms with Crippen molar-refractivity contribution in [3.05, 3.63) is 59.5 Å². The number of halogens is 1. The van der Waals surface area contributed by atoms with Crippen LogP contribution in [0.2, 0.25) is 0 Å². The molecule has 0 aliphatic carbocycles. The Kier molecular flexibility index (Phi) is 4.43. The third-order valence-electron chi connectivity index (χ3n) is 2.43. The largest absolute Gasteiger partial charge is 0.320 e. The van der Waals surface area contributed by atoms with Crippen LogP contribution in [0.4, 0.5) is 10.2 Å². The fourth-order valence-electron chi connectivity index (χ4n) is 1.54. The summed E-state index contributed by atoms with van der Waals surface area (Å²) in [5.74, 6) is 4.60. The number of carbonyl (C=O) groups is 1. The van der Waals surface area contributed by atoms with Crippen molar-refractivity contribution < 1.29 is 9.18 Å². The molecule has 20 heavy (non-hydrogen) atoms. The minimum absolute atomic E-state index is 0.0345. The van der Waals surface area contributed by atoms with Crippen LogP contribution in [0.25, 0.3) is 0 Å². The van der Waals surface area contributed by atoms with Gasteiger partial charge in [-0.15, -0.1) is 0 Å². The molecule has 1 aromatic carbocycles. The molecule has 1 heterocycles. The number of aromatic nitrogens is 1. The molecular weight excluding hydrogens is 257 g/mol. The Morgan fingerprint density at radius 3 is 2.80 bits per heavy atom. The second-order valence-electron chi connectivity index (χ2n) is 3.85. The van der Waals surface area contributed by atoms with Gasteiger partial charge in [0.2, 0.25) is 0 Å². The van der Waals surface area contributed by atoms with E-state index in [0.29, 0.717) is 11.5 Å². The fourth-order valence-corrected chi connectivity index (χ4v) is 1.54. The van der Waals surface area contributed by atoms with E-state index in [1.54, 1.807) is 24.3 Å². The fraction of sp³-hybridized carbons (Fsp3) is 0.0667. The standard InChI is InChI=1S/C15H12FN3O/c16-13-8-2-1-7-12(13)15(20)19-14-9-3-5-11(18-14)6-4-10-17/h1-3,5,7-9H,10,17H2,(H,18,19,20). The summed E-state index contributed by atoms with van der Waals surface area (Å²) < 4.78 is 13.5. The minimum Gasteiger partial charge on any atom is -0.320 e. The molecule has 0 bridgehead atoms. The first-order chi connectivity index (χ1) is 9.70. The van der Waals surface area contributed by atoms with E-state index in [2.05, 4.69) is 22.1 Å². The number of nitrogens with zero attached hydrogens (tertiary/aromatic N) is 1. The molecule has 5 heteroatoms. The molecule has 0 radical (unpaired) electrons. The van der Waals surface area contributed by atoms with E-state index in [-0.39, 0.29) is 12.1 Å². The van der Waals surface area contributed by atoms with Crippen molar-refractivity contribution in [3.63, 3.8) is 0 Å². The van der Waals surface area contributed by atoms with Gasteiger partial charge < -0.3 is 11.1 Å². The van der Waals surface area contributed by atoms with Crippen LogP contribution in [0.5, 0.6) is 0 Å². The molecule has 0 saturated heterocycles. The van der Waals surface area contributed by atoms with E-state index in [4.69, 9.17) is 5.73 Å². The molecular formula is C15H12FN3O. The van der Waals surface area contributed by atoms with Crippen LogP contribution in [-0.2, 0) is 0 Å². The minimum atomic E-state index is -0.580. The highest BCUT2D eigenvalue weighted by molar-refractivity contribution is 6.03. The number of hydrogen-bond acceptors (Lipinski definition) is 3. The Labute approximate surface area is 115 Å². The Morgan fingerprint density at radius 2 is 2.05 bits per heavy atom. The summed E-state index contributed by atoms with van der Waals surface area (Å²) in [4.78, 5) is 16.0. The number of hydrogen-bond donors (Lipinski definition) is 2. The molecule has 100 valence electrons. The van der Waals surface area contributed by atoms with Crippen LogP contribution in [0.3, 0.4) is 0 Å². The van der Waals surface area contributed by atoms with Crippen molar-refractivity contribution in [1.29, 1.82) is 0 Å². The second-order valence-corrected chi connectivity index (χ2v) is 3.85. The van der Waals surface area contributed by atoms with Gasteiger partial charge in [-0.1, -0.05) is 24.1 Å². The molecule has 0 spiro atoms. The first-order valence-corrected chi connectivity index (χ1v) is 5.92. The van der Waals surface area contributed by atoms with Crippen LogP contribution in [0.15, 0.2) is 42.5 Å². The number of benzene rings is 1. The van der Waals surface area contributed by atoms with Gasteiger partial charge >= 0.3 is 0 Å². The summed E-state index contributed by atoms with van der Waals surface area (Å²) in [5, 5.41) is 2.53. The number of anilines is 1. The van der Waals surface area contributed by atoms with E-state index >= 15 is 0 Å². The molecule has 1 amide bonds. The Hall–Kier alpha value is -2.71. The molecule has 0 atom stereocenters. The highest BCUT2D eigenvalue weighted by Crippen LogP contribution is 2.10. The maximum absolute atomic E-state index is 13.5. The van der Waals surface area contributed by atoms with Gasteiger partial charge in [0.25, 0.3) is 5.91 Å². The highest BCUT2D eigenvalue weighted by atomic mass is 19.1. The summed E-state index contributed by atoms with van der Waals surface area (Å²) in [5.41, 5.74) is 5.73. The Bertz CT molecular complexity index is 689. The number of amides is 1. The van der Waals surface area contributed by atoms with Gasteiger partial charge in [-0.05, 0) is 30.2 Å².